The minimum atomic E-state index is 0.0561. The van der Waals surface area contributed by atoms with Gasteiger partial charge in [-0.1, -0.05) is 43.7 Å². The molecule has 4 nitrogen and oxygen atoms in total. The van der Waals surface area contributed by atoms with E-state index in [0.29, 0.717) is 0 Å². The first-order valence-electron chi connectivity index (χ1n) is 10.1. The number of carbonyl (C=O) groups excluding carboxylic acids is 1. The van der Waals surface area contributed by atoms with Gasteiger partial charge >= 0.3 is 0 Å². The average molecular weight is 376 g/mol. The van der Waals surface area contributed by atoms with Gasteiger partial charge in [-0.3, -0.25) is 9.20 Å². The Balaban J connectivity index is 2.04. The van der Waals surface area contributed by atoms with Crippen LogP contribution in [0.2, 0.25) is 0 Å². The number of aromatic nitrogens is 2. The molecule has 0 aliphatic rings. The number of hydrogen-bond donors (Lipinski definition) is 0. The molecule has 3 rings (SSSR count). The highest BCUT2D eigenvalue weighted by molar-refractivity contribution is 5.93. The van der Waals surface area contributed by atoms with E-state index in [-0.39, 0.29) is 5.91 Å². The van der Waals surface area contributed by atoms with Crippen LogP contribution < -0.4 is 0 Å². The molecule has 0 saturated heterocycles. The van der Waals surface area contributed by atoms with Crippen molar-refractivity contribution in [1.82, 2.24) is 14.3 Å². The Labute approximate surface area is 167 Å². The number of fused-ring (bicyclic) bond motifs is 1. The van der Waals surface area contributed by atoms with Crippen molar-refractivity contribution in [2.75, 3.05) is 13.1 Å². The second-order valence-electron chi connectivity index (χ2n) is 7.30. The van der Waals surface area contributed by atoms with Gasteiger partial charge in [0, 0.05) is 30.9 Å². The highest BCUT2D eigenvalue weighted by Gasteiger charge is 2.14. The molecule has 1 aromatic carbocycles. The Morgan fingerprint density at radius 2 is 1.71 bits per heavy atom. The summed E-state index contributed by atoms with van der Waals surface area (Å²) in [6.45, 7) is 9.91. The smallest absolute Gasteiger partial charge is 0.246 e. The maximum Gasteiger partial charge on any atom is 0.246 e. The summed E-state index contributed by atoms with van der Waals surface area (Å²) in [5.41, 5.74) is 6.15. The molecule has 0 N–H and O–H groups in total. The lowest BCUT2D eigenvalue weighted by molar-refractivity contribution is -0.126. The molecule has 3 aromatic rings. The number of pyridine rings is 1. The lowest BCUT2D eigenvalue weighted by Crippen LogP contribution is -2.30. The van der Waals surface area contributed by atoms with E-state index >= 15 is 0 Å². The quantitative estimate of drug-likeness (QED) is 0.527. The van der Waals surface area contributed by atoms with Crippen LogP contribution in [0.3, 0.4) is 0 Å². The average Bonchev–Trinajstić information content (AvgIpc) is 3.04. The van der Waals surface area contributed by atoms with Gasteiger partial charge in [0.25, 0.3) is 0 Å². The topological polar surface area (TPSA) is 37.6 Å². The highest BCUT2D eigenvalue weighted by Crippen LogP contribution is 2.26. The van der Waals surface area contributed by atoms with E-state index in [2.05, 4.69) is 68.5 Å². The molecule has 0 radical (unpaired) electrons. The van der Waals surface area contributed by atoms with Gasteiger partial charge in [-0.25, -0.2) is 4.98 Å². The molecule has 0 unspecified atom stereocenters. The van der Waals surface area contributed by atoms with Crippen molar-refractivity contribution in [3.8, 4) is 11.3 Å². The van der Waals surface area contributed by atoms with Crippen molar-refractivity contribution in [3.05, 3.63) is 65.5 Å². The van der Waals surface area contributed by atoms with Crippen molar-refractivity contribution in [2.24, 2.45) is 0 Å². The lowest BCUT2D eigenvalue weighted by Gasteiger charge is -2.19. The summed E-state index contributed by atoms with van der Waals surface area (Å²) in [6.07, 6.45) is 7.54. The number of imidazole rings is 1. The zero-order valence-electron chi connectivity index (χ0n) is 17.3. The van der Waals surface area contributed by atoms with Crippen LogP contribution in [0.25, 0.3) is 23.0 Å². The summed E-state index contributed by atoms with van der Waals surface area (Å²) in [7, 11) is 0. The molecule has 0 fully saturated rings. The van der Waals surface area contributed by atoms with Crippen LogP contribution in [0.15, 0.2) is 48.7 Å². The molecule has 2 aromatic heterocycles. The maximum absolute atomic E-state index is 12.7. The molecule has 0 saturated carbocycles. The third-order valence-corrected chi connectivity index (χ3v) is 4.83. The van der Waals surface area contributed by atoms with Crippen molar-refractivity contribution < 1.29 is 4.79 Å². The summed E-state index contributed by atoms with van der Waals surface area (Å²) in [6, 6.07) is 12.5. The fourth-order valence-electron chi connectivity index (χ4n) is 3.38. The third kappa shape index (κ3) is 4.33. The molecule has 0 bridgehead atoms. The Morgan fingerprint density at radius 3 is 2.36 bits per heavy atom. The van der Waals surface area contributed by atoms with Crippen LogP contribution in [-0.4, -0.2) is 33.3 Å². The SMILES string of the molecule is CCCN(CCC)C(=O)/C=C/c1c(-c2ccc(C)cc2)nc2cc(C)ccn12. The molecule has 0 aliphatic heterocycles. The van der Waals surface area contributed by atoms with E-state index in [0.717, 1.165) is 54.1 Å². The normalized spacial score (nSPS) is 11.4. The van der Waals surface area contributed by atoms with Crippen molar-refractivity contribution in [3.63, 3.8) is 0 Å². The van der Waals surface area contributed by atoms with Gasteiger partial charge < -0.3 is 4.90 Å². The second kappa shape index (κ2) is 8.87. The lowest BCUT2D eigenvalue weighted by atomic mass is 10.1. The summed E-state index contributed by atoms with van der Waals surface area (Å²) in [5.74, 6) is 0.0561. The summed E-state index contributed by atoms with van der Waals surface area (Å²) in [5, 5.41) is 0. The number of benzene rings is 1. The molecule has 0 aliphatic carbocycles. The van der Waals surface area contributed by atoms with Crippen molar-refractivity contribution in [1.29, 1.82) is 0 Å². The maximum atomic E-state index is 12.7. The minimum Gasteiger partial charge on any atom is -0.339 e. The molecular weight excluding hydrogens is 346 g/mol. The van der Waals surface area contributed by atoms with E-state index in [1.54, 1.807) is 6.08 Å². The summed E-state index contributed by atoms with van der Waals surface area (Å²) < 4.78 is 2.05. The van der Waals surface area contributed by atoms with Gasteiger partial charge in [-0.2, -0.15) is 0 Å². The Kier molecular flexibility index (Phi) is 6.30. The van der Waals surface area contributed by atoms with Gasteiger partial charge in [0.05, 0.1) is 11.4 Å². The van der Waals surface area contributed by atoms with Crippen LogP contribution in [0.1, 0.15) is 43.5 Å². The molecule has 146 valence electrons. The third-order valence-electron chi connectivity index (χ3n) is 4.83. The number of hydrogen-bond acceptors (Lipinski definition) is 2. The monoisotopic (exact) mass is 375 g/mol. The van der Waals surface area contributed by atoms with Gasteiger partial charge in [-0.15, -0.1) is 0 Å². The van der Waals surface area contributed by atoms with Crippen LogP contribution in [0.5, 0.6) is 0 Å². The van der Waals surface area contributed by atoms with Crippen molar-refractivity contribution in [2.45, 2.75) is 40.5 Å². The molecule has 0 spiro atoms. The number of nitrogens with zero attached hydrogens (tertiary/aromatic N) is 3. The summed E-state index contributed by atoms with van der Waals surface area (Å²) in [4.78, 5) is 19.5. The van der Waals surface area contributed by atoms with Gasteiger partial charge in [-0.05, 0) is 50.5 Å². The largest absolute Gasteiger partial charge is 0.339 e. The van der Waals surface area contributed by atoms with Gasteiger partial charge in [0.1, 0.15) is 5.65 Å². The zero-order valence-corrected chi connectivity index (χ0v) is 17.3. The van der Waals surface area contributed by atoms with Crippen LogP contribution in [0.4, 0.5) is 0 Å². The minimum absolute atomic E-state index is 0.0561. The molecule has 2 heterocycles. The van der Waals surface area contributed by atoms with Crippen LogP contribution >= 0.6 is 0 Å². The number of carbonyl (C=O) groups is 1. The van der Waals surface area contributed by atoms with Crippen LogP contribution in [-0.2, 0) is 4.79 Å². The molecule has 4 heteroatoms. The van der Waals surface area contributed by atoms with Gasteiger partial charge in [0.2, 0.25) is 5.91 Å². The number of rotatable bonds is 7. The summed E-state index contributed by atoms with van der Waals surface area (Å²) >= 11 is 0. The second-order valence-corrected chi connectivity index (χ2v) is 7.30. The Bertz CT molecular complexity index is 977. The van der Waals surface area contributed by atoms with Gasteiger partial charge in [0.15, 0.2) is 0 Å². The van der Waals surface area contributed by atoms with Crippen molar-refractivity contribution >= 4 is 17.6 Å². The fourth-order valence-corrected chi connectivity index (χ4v) is 3.38. The molecule has 1 amide bonds. The first kappa shape index (κ1) is 19.9. The molecular formula is C24H29N3O. The molecule has 28 heavy (non-hydrogen) atoms. The molecule has 0 atom stereocenters. The zero-order chi connectivity index (χ0) is 20.1. The first-order chi connectivity index (χ1) is 13.5. The predicted octanol–water partition coefficient (Wildman–Crippen LogP) is 5.28. The standard InChI is InChI=1S/C24H29N3O/c1-5-14-26(15-6-2)23(28)12-11-21-24(20-9-7-18(3)8-10-20)25-22-17-19(4)13-16-27(21)22/h7-13,16-17H,5-6,14-15H2,1-4H3/b12-11+. The number of aryl methyl sites for hydroxylation is 2. The Morgan fingerprint density at radius 1 is 1.04 bits per heavy atom. The highest BCUT2D eigenvalue weighted by atomic mass is 16.2. The van der Waals surface area contributed by atoms with E-state index in [1.807, 2.05) is 17.2 Å². The number of amides is 1. The van der Waals surface area contributed by atoms with Crippen LogP contribution in [0, 0.1) is 13.8 Å². The Hall–Kier alpha value is -2.88. The fraction of sp³-hybridized carbons (Fsp3) is 0.333. The van der Waals surface area contributed by atoms with E-state index in [9.17, 15) is 4.79 Å². The van der Waals surface area contributed by atoms with E-state index in [4.69, 9.17) is 4.98 Å². The van der Waals surface area contributed by atoms with E-state index in [1.165, 1.54) is 5.56 Å². The first-order valence-corrected chi connectivity index (χ1v) is 10.1. The van der Waals surface area contributed by atoms with E-state index < -0.39 is 0 Å². The predicted molar refractivity (Wildman–Crippen MR) is 116 cm³/mol.